The van der Waals surface area contributed by atoms with E-state index in [1.54, 1.807) is 13.8 Å². The fraction of sp³-hybridized carbons (Fsp3) is 0.471. The van der Waals surface area contributed by atoms with Crippen LogP contribution in [0.25, 0.3) is 0 Å². The molecule has 0 aliphatic carbocycles. The van der Waals surface area contributed by atoms with Gasteiger partial charge in [0.2, 0.25) is 0 Å². The Morgan fingerprint density at radius 1 is 1.35 bits per heavy atom. The first-order valence-corrected chi connectivity index (χ1v) is 6.99. The highest BCUT2D eigenvalue weighted by molar-refractivity contribution is 5.92. The van der Waals surface area contributed by atoms with Gasteiger partial charge in [-0.1, -0.05) is 60.7 Å². The topological polar surface area (TPSA) is 41.8 Å². The standard InChI is InChI=1S/C17H23NO2/c1-4-5-6-10-13-17(3,19)15(2)18-20-14-16-11-8-7-9-12-16/h7-9,11-12,19H,4-6,14H2,1-3H3/b18-15+. The highest BCUT2D eigenvalue weighted by atomic mass is 16.6. The van der Waals surface area contributed by atoms with E-state index in [4.69, 9.17) is 4.84 Å². The van der Waals surface area contributed by atoms with Crippen LogP contribution in [0.1, 0.15) is 45.6 Å². The van der Waals surface area contributed by atoms with E-state index in [-0.39, 0.29) is 0 Å². The first-order valence-electron chi connectivity index (χ1n) is 6.99. The number of oxime groups is 1. The molecule has 108 valence electrons. The molecule has 3 heteroatoms. The Morgan fingerprint density at radius 2 is 2.05 bits per heavy atom. The van der Waals surface area contributed by atoms with Crippen LogP contribution in [0.5, 0.6) is 0 Å². The van der Waals surface area contributed by atoms with Crippen molar-refractivity contribution >= 4 is 5.71 Å². The van der Waals surface area contributed by atoms with Gasteiger partial charge in [0, 0.05) is 6.42 Å². The van der Waals surface area contributed by atoms with Crippen molar-refractivity contribution in [3.8, 4) is 11.8 Å². The monoisotopic (exact) mass is 273 g/mol. The Hall–Kier alpha value is -1.79. The first-order chi connectivity index (χ1) is 9.56. The van der Waals surface area contributed by atoms with E-state index in [2.05, 4.69) is 23.9 Å². The molecule has 0 radical (unpaired) electrons. The summed E-state index contributed by atoms with van der Waals surface area (Å²) in [7, 11) is 0. The average molecular weight is 273 g/mol. The summed E-state index contributed by atoms with van der Waals surface area (Å²) in [5.41, 5.74) is 0.278. The number of unbranched alkanes of at least 4 members (excludes halogenated alkanes) is 2. The predicted octanol–water partition coefficient (Wildman–Crippen LogP) is 3.52. The molecule has 20 heavy (non-hydrogen) atoms. The van der Waals surface area contributed by atoms with Crippen LogP contribution in [0.4, 0.5) is 0 Å². The number of benzene rings is 1. The molecule has 1 N–H and O–H groups in total. The number of hydrogen-bond donors (Lipinski definition) is 1. The molecular weight excluding hydrogens is 250 g/mol. The largest absolute Gasteiger partial charge is 0.391 e. The van der Waals surface area contributed by atoms with Crippen LogP contribution in [-0.2, 0) is 11.4 Å². The summed E-state index contributed by atoms with van der Waals surface area (Å²) in [6.07, 6.45) is 2.94. The minimum atomic E-state index is -1.23. The molecular formula is C17H23NO2. The Bertz CT molecular complexity index is 481. The highest BCUT2D eigenvalue weighted by Gasteiger charge is 2.21. The fourth-order valence-corrected chi connectivity index (χ4v) is 1.46. The first kappa shape index (κ1) is 16.3. The van der Waals surface area contributed by atoms with Crippen molar-refractivity contribution in [2.45, 2.75) is 52.2 Å². The van der Waals surface area contributed by atoms with Gasteiger partial charge in [-0.3, -0.25) is 0 Å². The van der Waals surface area contributed by atoms with Crippen molar-refractivity contribution in [2.24, 2.45) is 5.16 Å². The molecule has 0 bridgehead atoms. The summed E-state index contributed by atoms with van der Waals surface area (Å²) in [5, 5.41) is 14.1. The molecule has 0 spiro atoms. The van der Waals surface area contributed by atoms with E-state index in [0.29, 0.717) is 12.3 Å². The van der Waals surface area contributed by atoms with Gasteiger partial charge in [0.05, 0.1) is 5.71 Å². The van der Waals surface area contributed by atoms with Gasteiger partial charge < -0.3 is 9.94 Å². The van der Waals surface area contributed by atoms with Gasteiger partial charge in [-0.2, -0.15) is 0 Å². The van der Waals surface area contributed by atoms with Gasteiger partial charge in [0.1, 0.15) is 6.61 Å². The van der Waals surface area contributed by atoms with E-state index in [0.717, 1.165) is 24.8 Å². The van der Waals surface area contributed by atoms with E-state index >= 15 is 0 Å². The van der Waals surface area contributed by atoms with Crippen LogP contribution in [-0.4, -0.2) is 16.4 Å². The lowest BCUT2D eigenvalue weighted by atomic mass is 10.0. The predicted molar refractivity (Wildman–Crippen MR) is 82.3 cm³/mol. The van der Waals surface area contributed by atoms with Gasteiger partial charge >= 0.3 is 0 Å². The number of rotatable bonds is 6. The maximum atomic E-state index is 10.2. The molecule has 1 aromatic carbocycles. The SMILES string of the molecule is CCCCC#CC(C)(O)/C(C)=N/OCc1ccccc1. The van der Waals surface area contributed by atoms with Crippen LogP contribution >= 0.6 is 0 Å². The summed E-state index contributed by atoms with van der Waals surface area (Å²) < 4.78 is 0. The summed E-state index contributed by atoms with van der Waals surface area (Å²) >= 11 is 0. The Morgan fingerprint density at radius 3 is 2.70 bits per heavy atom. The third-order valence-corrected chi connectivity index (χ3v) is 2.97. The minimum Gasteiger partial charge on any atom is -0.391 e. The maximum absolute atomic E-state index is 10.2. The van der Waals surface area contributed by atoms with Crippen molar-refractivity contribution in [2.75, 3.05) is 0 Å². The van der Waals surface area contributed by atoms with Gasteiger partial charge in [0.15, 0.2) is 5.60 Å². The zero-order valence-corrected chi connectivity index (χ0v) is 12.5. The van der Waals surface area contributed by atoms with Crippen LogP contribution in [0, 0.1) is 11.8 Å². The van der Waals surface area contributed by atoms with E-state index < -0.39 is 5.60 Å². The molecule has 1 atom stereocenters. The van der Waals surface area contributed by atoms with Crippen molar-refractivity contribution in [1.82, 2.24) is 0 Å². The Labute approximate surface area is 121 Å². The second-order valence-corrected chi connectivity index (χ2v) is 4.91. The summed E-state index contributed by atoms with van der Waals surface area (Å²) in [6, 6.07) is 9.78. The Balaban J connectivity index is 2.51. The molecule has 0 aliphatic heterocycles. The smallest absolute Gasteiger partial charge is 0.163 e. The maximum Gasteiger partial charge on any atom is 0.163 e. The van der Waals surface area contributed by atoms with Gasteiger partial charge in [-0.15, -0.1) is 0 Å². The summed E-state index contributed by atoms with van der Waals surface area (Å²) in [4.78, 5) is 5.26. The lowest BCUT2D eigenvalue weighted by molar-refractivity contribution is 0.119. The molecule has 1 unspecified atom stereocenters. The van der Waals surface area contributed by atoms with E-state index in [9.17, 15) is 5.11 Å². The van der Waals surface area contributed by atoms with Crippen molar-refractivity contribution < 1.29 is 9.94 Å². The summed E-state index contributed by atoms with van der Waals surface area (Å²) in [6.45, 7) is 5.86. The number of aliphatic hydroxyl groups is 1. The van der Waals surface area contributed by atoms with Crippen molar-refractivity contribution in [3.63, 3.8) is 0 Å². The van der Waals surface area contributed by atoms with Gasteiger partial charge in [0.25, 0.3) is 0 Å². The molecule has 0 saturated heterocycles. The van der Waals surface area contributed by atoms with E-state index in [1.165, 1.54) is 0 Å². The van der Waals surface area contributed by atoms with Crippen molar-refractivity contribution in [1.29, 1.82) is 0 Å². The second-order valence-electron chi connectivity index (χ2n) is 4.91. The lowest BCUT2D eigenvalue weighted by Crippen LogP contribution is -2.31. The van der Waals surface area contributed by atoms with Crippen molar-refractivity contribution in [3.05, 3.63) is 35.9 Å². The molecule has 1 aromatic rings. The quantitative estimate of drug-likeness (QED) is 0.373. The fourth-order valence-electron chi connectivity index (χ4n) is 1.46. The molecule has 0 saturated carbocycles. The number of nitrogens with zero attached hydrogens (tertiary/aromatic N) is 1. The van der Waals surface area contributed by atoms with Crippen LogP contribution < -0.4 is 0 Å². The van der Waals surface area contributed by atoms with E-state index in [1.807, 2.05) is 30.3 Å². The number of hydrogen-bond acceptors (Lipinski definition) is 3. The molecule has 0 aromatic heterocycles. The van der Waals surface area contributed by atoms with Crippen LogP contribution in [0.2, 0.25) is 0 Å². The Kier molecular flexibility index (Phi) is 6.83. The minimum absolute atomic E-state index is 0.386. The normalized spacial score (nSPS) is 14.1. The zero-order valence-electron chi connectivity index (χ0n) is 12.5. The average Bonchev–Trinajstić information content (AvgIpc) is 2.44. The molecule has 3 nitrogen and oxygen atoms in total. The molecule has 0 amide bonds. The third-order valence-electron chi connectivity index (χ3n) is 2.97. The highest BCUT2D eigenvalue weighted by Crippen LogP contribution is 2.07. The zero-order chi connectivity index (χ0) is 14.8. The summed E-state index contributed by atoms with van der Waals surface area (Å²) in [5.74, 6) is 5.82. The molecule has 1 rings (SSSR count). The van der Waals surface area contributed by atoms with Crippen LogP contribution in [0.15, 0.2) is 35.5 Å². The second kappa shape index (κ2) is 8.39. The molecule has 0 aliphatic rings. The molecule has 0 fully saturated rings. The molecule has 0 heterocycles. The third kappa shape index (κ3) is 5.90. The van der Waals surface area contributed by atoms with Gasteiger partial charge in [-0.05, 0) is 25.8 Å². The van der Waals surface area contributed by atoms with Gasteiger partial charge in [-0.25, -0.2) is 0 Å². The lowest BCUT2D eigenvalue weighted by Gasteiger charge is -2.15. The van der Waals surface area contributed by atoms with Crippen LogP contribution in [0.3, 0.4) is 0 Å².